The maximum absolute atomic E-state index is 13.2. The standard InChI is InChI=1S/C23H20FN3O4S/c24-15-8-10-16(11-9-15)25-22(29)20-18-4-2-1-3-5-19(18)32-23(20)26-21(28)14-6-12-17(13-7-14)27(30)31/h6-13H,1-5H2,(H,25,29)(H,26,28). The van der Waals surface area contributed by atoms with Gasteiger partial charge in [0.2, 0.25) is 0 Å². The zero-order valence-electron chi connectivity index (χ0n) is 17.0. The molecule has 2 N–H and O–H groups in total. The number of rotatable bonds is 5. The number of anilines is 2. The third-order valence-electron chi connectivity index (χ3n) is 5.32. The zero-order valence-corrected chi connectivity index (χ0v) is 17.8. The molecule has 32 heavy (non-hydrogen) atoms. The van der Waals surface area contributed by atoms with Crippen molar-refractivity contribution in [2.24, 2.45) is 0 Å². The largest absolute Gasteiger partial charge is 0.322 e. The summed E-state index contributed by atoms with van der Waals surface area (Å²) >= 11 is 1.39. The Morgan fingerprint density at radius 2 is 1.59 bits per heavy atom. The highest BCUT2D eigenvalue weighted by molar-refractivity contribution is 7.17. The first-order chi connectivity index (χ1) is 15.4. The van der Waals surface area contributed by atoms with Crippen molar-refractivity contribution in [3.05, 3.63) is 86.0 Å². The molecule has 0 atom stereocenters. The summed E-state index contributed by atoms with van der Waals surface area (Å²) in [4.78, 5) is 37.4. The number of nitro benzene ring substituents is 1. The van der Waals surface area contributed by atoms with Crippen LogP contribution in [0.1, 0.15) is 50.4 Å². The number of benzene rings is 2. The van der Waals surface area contributed by atoms with E-state index in [2.05, 4.69) is 10.6 Å². The minimum absolute atomic E-state index is 0.108. The van der Waals surface area contributed by atoms with E-state index in [0.29, 0.717) is 16.3 Å². The van der Waals surface area contributed by atoms with Crippen molar-refractivity contribution >= 4 is 39.5 Å². The number of nitrogens with one attached hydrogen (secondary N) is 2. The molecule has 3 aromatic rings. The average molecular weight is 453 g/mol. The third-order valence-corrected chi connectivity index (χ3v) is 6.53. The lowest BCUT2D eigenvalue weighted by molar-refractivity contribution is -0.384. The molecule has 1 heterocycles. The van der Waals surface area contributed by atoms with Gasteiger partial charge in [-0.1, -0.05) is 6.42 Å². The monoisotopic (exact) mass is 453 g/mol. The molecule has 0 aliphatic heterocycles. The second-order valence-corrected chi connectivity index (χ2v) is 8.59. The summed E-state index contributed by atoms with van der Waals surface area (Å²) in [5.74, 6) is -1.22. The highest BCUT2D eigenvalue weighted by Gasteiger charge is 2.26. The number of nitrogens with zero attached hydrogens (tertiary/aromatic N) is 1. The molecule has 1 aliphatic carbocycles. The summed E-state index contributed by atoms with van der Waals surface area (Å²) in [7, 11) is 0. The van der Waals surface area contributed by atoms with Gasteiger partial charge in [0.15, 0.2) is 0 Å². The number of amides is 2. The first-order valence-corrected chi connectivity index (χ1v) is 11.0. The number of carbonyl (C=O) groups excluding carboxylic acids is 2. The summed E-state index contributed by atoms with van der Waals surface area (Å²) in [6, 6.07) is 10.8. The third kappa shape index (κ3) is 4.67. The van der Waals surface area contributed by atoms with E-state index in [1.807, 2.05) is 0 Å². The summed E-state index contributed by atoms with van der Waals surface area (Å²) in [6.07, 6.45) is 4.62. The minimum Gasteiger partial charge on any atom is -0.322 e. The predicted octanol–water partition coefficient (Wildman–Crippen LogP) is 5.57. The highest BCUT2D eigenvalue weighted by Crippen LogP contribution is 2.38. The van der Waals surface area contributed by atoms with Crippen LogP contribution in [0.4, 0.5) is 20.8 Å². The number of nitro groups is 1. The smallest absolute Gasteiger partial charge is 0.269 e. The number of non-ortho nitro benzene ring substituents is 1. The number of thiophene rings is 1. The maximum Gasteiger partial charge on any atom is 0.269 e. The average Bonchev–Trinajstić information content (AvgIpc) is 2.95. The Morgan fingerprint density at radius 1 is 0.906 bits per heavy atom. The van der Waals surface area contributed by atoms with Crippen molar-refractivity contribution in [2.75, 3.05) is 10.6 Å². The van der Waals surface area contributed by atoms with Crippen LogP contribution in [0.25, 0.3) is 0 Å². The normalized spacial score (nSPS) is 13.0. The van der Waals surface area contributed by atoms with E-state index in [1.54, 1.807) is 0 Å². The quantitative estimate of drug-likeness (QED) is 0.300. The van der Waals surface area contributed by atoms with Crippen LogP contribution in [0.5, 0.6) is 0 Å². The maximum atomic E-state index is 13.2. The lowest BCUT2D eigenvalue weighted by Gasteiger charge is -2.10. The summed E-state index contributed by atoms with van der Waals surface area (Å²) in [6.45, 7) is 0. The van der Waals surface area contributed by atoms with E-state index in [0.717, 1.165) is 42.5 Å². The van der Waals surface area contributed by atoms with Crippen LogP contribution >= 0.6 is 11.3 Å². The topological polar surface area (TPSA) is 101 Å². The van der Waals surface area contributed by atoms with Crippen LogP contribution in [0.3, 0.4) is 0 Å². The van der Waals surface area contributed by atoms with Crippen molar-refractivity contribution in [1.29, 1.82) is 0 Å². The molecule has 0 saturated carbocycles. The summed E-state index contributed by atoms with van der Waals surface area (Å²) in [5, 5.41) is 16.9. The number of hydrogen-bond acceptors (Lipinski definition) is 5. The fourth-order valence-corrected chi connectivity index (χ4v) is 4.99. The molecule has 1 aliphatic rings. The molecule has 0 radical (unpaired) electrons. The van der Waals surface area contributed by atoms with Crippen molar-refractivity contribution in [3.63, 3.8) is 0 Å². The van der Waals surface area contributed by atoms with Crippen LogP contribution in [0.15, 0.2) is 48.5 Å². The van der Waals surface area contributed by atoms with Crippen LogP contribution in [0.2, 0.25) is 0 Å². The fraction of sp³-hybridized carbons (Fsp3) is 0.217. The lowest BCUT2D eigenvalue weighted by Crippen LogP contribution is -2.18. The summed E-state index contributed by atoms with van der Waals surface area (Å²) in [5.41, 5.74) is 1.96. The van der Waals surface area contributed by atoms with Gasteiger partial charge >= 0.3 is 0 Å². The molecule has 7 nitrogen and oxygen atoms in total. The number of hydrogen-bond donors (Lipinski definition) is 2. The molecule has 2 aromatic carbocycles. The van der Waals surface area contributed by atoms with E-state index < -0.39 is 16.6 Å². The molecule has 0 bridgehead atoms. The lowest BCUT2D eigenvalue weighted by atomic mass is 10.0. The van der Waals surface area contributed by atoms with Gasteiger partial charge in [-0.2, -0.15) is 0 Å². The summed E-state index contributed by atoms with van der Waals surface area (Å²) < 4.78 is 13.2. The molecule has 0 unspecified atom stereocenters. The Labute approximate surface area is 187 Å². The molecule has 0 saturated heterocycles. The molecule has 4 rings (SSSR count). The molecule has 0 spiro atoms. The van der Waals surface area contributed by atoms with Gasteiger partial charge in [0.1, 0.15) is 10.8 Å². The number of aryl methyl sites for hydroxylation is 1. The molecule has 164 valence electrons. The molecular weight excluding hydrogens is 433 g/mol. The van der Waals surface area contributed by atoms with Gasteiger partial charge in [0, 0.05) is 28.3 Å². The molecule has 0 fully saturated rings. The predicted molar refractivity (Wildman–Crippen MR) is 121 cm³/mol. The minimum atomic E-state index is -0.532. The van der Waals surface area contributed by atoms with Crippen LogP contribution in [0, 0.1) is 15.9 Å². The van der Waals surface area contributed by atoms with E-state index in [1.165, 1.54) is 59.9 Å². The van der Waals surface area contributed by atoms with E-state index >= 15 is 0 Å². The van der Waals surface area contributed by atoms with Crippen molar-refractivity contribution in [3.8, 4) is 0 Å². The number of fused-ring (bicyclic) bond motifs is 1. The van der Waals surface area contributed by atoms with E-state index in [9.17, 15) is 24.1 Å². The van der Waals surface area contributed by atoms with Crippen molar-refractivity contribution < 1.29 is 18.9 Å². The Hall–Kier alpha value is -3.59. The Kier molecular flexibility index (Phi) is 6.27. The Morgan fingerprint density at radius 3 is 2.28 bits per heavy atom. The first-order valence-electron chi connectivity index (χ1n) is 10.2. The second-order valence-electron chi connectivity index (χ2n) is 7.49. The second kappa shape index (κ2) is 9.27. The SMILES string of the molecule is O=C(Nc1sc2c(c1C(=O)Nc1ccc(F)cc1)CCCCC2)c1ccc([N+](=O)[O-])cc1. The Balaban J connectivity index is 1.63. The van der Waals surface area contributed by atoms with Gasteiger partial charge in [-0.05, 0) is 67.6 Å². The first kappa shape index (κ1) is 21.6. The van der Waals surface area contributed by atoms with E-state index in [4.69, 9.17) is 0 Å². The van der Waals surface area contributed by atoms with Crippen LogP contribution in [-0.4, -0.2) is 16.7 Å². The van der Waals surface area contributed by atoms with Gasteiger partial charge in [0.05, 0.1) is 10.5 Å². The van der Waals surface area contributed by atoms with Gasteiger partial charge in [-0.3, -0.25) is 19.7 Å². The molecule has 9 heteroatoms. The van der Waals surface area contributed by atoms with Crippen LogP contribution < -0.4 is 10.6 Å². The zero-order chi connectivity index (χ0) is 22.7. The van der Waals surface area contributed by atoms with Crippen molar-refractivity contribution in [2.45, 2.75) is 32.1 Å². The van der Waals surface area contributed by atoms with Gasteiger partial charge in [-0.25, -0.2) is 4.39 Å². The Bertz CT molecular complexity index is 1170. The number of carbonyl (C=O) groups is 2. The fourth-order valence-electron chi connectivity index (χ4n) is 3.71. The van der Waals surface area contributed by atoms with Crippen molar-refractivity contribution in [1.82, 2.24) is 0 Å². The van der Waals surface area contributed by atoms with Gasteiger partial charge in [-0.15, -0.1) is 11.3 Å². The molecule has 1 aromatic heterocycles. The van der Waals surface area contributed by atoms with E-state index in [-0.39, 0.29) is 17.2 Å². The van der Waals surface area contributed by atoms with Crippen LogP contribution in [-0.2, 0) is 12.8 Å². The number of halogens is 1. The highest BCUT2D eigenvalue weighted by atomic mass is 32.1. The van der Waals surface area contributed by atoms with Gasteiger partial charge in [0.25, 0.3) is 17.5 Å². The van der Waals surface area contributed by atoms with Gasteiger partial charge < -0.3 is 10.6 Å². The molecular formula is C23H20FN3O4S. The molecule has 2 amide bonds.